The van der Waals surface area contributed by atoms with Gasteiger partial charge in [0, 0.05) is 0 Å². The topological polar surface area (TPSA) is 80.8 Å². The van der Waals surface area contributed by atoms with E-state index in [0.29, 0.717) is 0 Å². The average Bonchev–Trinajstić information content (AvgIpc) is 1.23. The predicted molar refractivity (Wildman–Crippen MR) is 27.7 cm³/mol. The number of rotatable bonds is 1. The number of carboxylic acid groups (broad SMARTS) is 1. The minimum absolute atomic E-state index is 0. The van der Waals surface area contributed by atoms with Gasteiger partial charge < -0.3 is 15.9 Å². The lowest BCUT2D eigenvalue weighted by Crippen LogP contribution is -2.48. The Morgan fingerprint density at radius 3 is 2.25 bits per heavy atom. The number of hydrogen-bond donors (Lipinski definition) is 2. The Hall–Kier alpha value is -0.610. The van der Waals surface area contributed by atoms with Crippen molar-refractivity contribution in [3.05, 3.63) is 0 Å². The normalized spacial score (nSPS) is 25.2. The highest BCUT2D eigenvalue weighted by Crippen LogP contribution is 1.99. The molecule has 0 aromatic heterocycles. The molecule has 0 saturated carbocycles. The first kappa shape index (κ1) is 7.39. The summed E-state index contributed by atoms with van der Waals surface area (Å²) in [5.74, 6) is -0.730. The van der Waals surface area contributed by atoms with E-state index >= 15 is 0 Å². The van der Waals surface area contributed by atoms with Crippen molar-refractivity contribution in [2.45, 2.75) is 12.5 Å². The van der Waals surface area contributed by atoms with E-state index < -0.39 is 5.97 Å². The summed E-state index contributed by atoms with van der Waals surface area (Å²) in [6.45, 7) is 0.858. The number of carbonyl (C=O) groups is 1. The van der Waals surface area contributed by atoms with Gasteiger partial charge in [-0.3, -0.25) is 4.79 Å². The van der Waals surface area contributed by atoms with Crippen LogP contribution in [0.2, 0.25) is 0 Å². The summed E-state index contributed by atoms with van der Waals surface area (Å²) in [4.78, 5) is 9.92. The lowest BCUT2D eigenvalue weighted by Gasteiger charge is -2.22. The molecule has 48 valence electrons. The van der Waals surface area contributed by atoms with Crippen molar-refractivity contribution in [1.82, 2.24) is 5.32 Å². The first-order valence-corrected chi connectivity index (χ1v) is 2.27. The second kappa shape index (κ2) is 2.64. The highest BCUT2D eigenvalue weighted by molar-refractivity contribution is 5.74. The van der Waals surface area contributed by atoms with Gasteiger partial charge in [-0.2, -0.15) is 0 Å². The minimum Gasteiger partial charge on any atom is -0.480 e. The maximum atomic E-state index is 9.92. The van der Waals surface area contributed by atoms with E-state index in [-0.39, 0.29) is 11.5 Å². The van der Waals surface area contributed by atoms with Crippen LogP contribution < -0.4 is 5.32 Å². The van der Waals surface area contributed by atoms with E-state index in [1.807, 2.05) is 0 Å². The lowest BCUT2D eigenvalue weighted by molar-refractivity contribution is -0.141. The Morgan fingerprint density at radius 1 is 1.75 bits per heavy atom. The SMILES string of the molecule is O.O=C(O)C1CCN1. The van der Waals surface area contributed by atoms with E-state index in [2.05, 4.69) is 5.32 Å². The summed E-state index contributed by atoms with van der Waals surface area (Å²) in [5, 5.41) is 10.9. The molecule has 1 atom stereocenters. The Balaban J connectivity index is 0.000000490. The van der Waals surface area contributed by atoms with E-state index in [4.69, 9.17) is 5.11 Å². The molecule has 1 unspecified atom stereocenters. The third-order valence-electron chi connectivity index (χ3n) is 1.12. The van der Waals surface area contributed by atoms with Crippen LogP contribution in [0.25, 0.3) is 0 Å². The molecule has 0 radical (unpaired) electrons. The van der Waals surface area contributed by atoms with Crippen molar-refractivity contribution < 1.29 is 15.4 Å². The molecule has 0 aliphatic carbocycles. The summed E-state index contributed by atoms with van der Waals surface area (Å²) in [6, 6.07) is -0.250. The van der Waals surface area contributed by atoms with Crippen LogP contribution in [0.5, 0.6) is 0 Å². The van der Waals surface area contributed by atoms with Crippen LogP contribution in [-0.4, -0.2) is 29.1 Å². The molecule has 1 aliphatic heterocycles. The van der Waals surface area contributed by atoms with Gasteiger partial charge in [-0.1, -0.05) is 0 Å². The molecule has 0 aromatic carbocycles. The van der Waals surface area contributed by atoms with Crippen molar-refractivity contribution in [1.29, 1.82) is 0 Å². The monoisotopic (exact) mass is 119 g/mol. The number of hydrogen-bond acceptors (Lipinski definition) is 2. The molecule has 0 bridgehead atoms. The number of nitrogens with one attached hydrogen (secondary N) is 1. The van der Waals surface area contributed by atoms with E-state index in [0.717, 1.165) is 13.0 Å². The zero-order chi connectivity index (χ0) is 5.28. The molecule has 0 spiro atoms. The third kappa shape index (κ3) is 1.18. The Morgan fingerprint density at radius 2 is 2.25 bits per heavy atom. The Labute approximate surface area is 46.8 Å². The molecule has 1 rings (SSSR count). The zero-order valence-corrected chi connectivity index (χ0v) is 4.35. The maximum Gasteiger partial charge on any atom is 0.320 e. The van der Waals surface area contributed by atoms with Crippen LogP contribution in [0.4, 0.5) is 0 Å². The molecule has 4 heteroatoms. The first-order chi connectivity index (χ1) is 3.30. The van der Waals surface area contributed by atoms with Gasteiger partial charge in [0.2, 0.25) is 0 Å². The van der Waals surface area contributed by atoms with Gasteiger partial charge in [-0.25, -0.2) is 0 Å². The Bertz CT molecular complexity index is 89.3. The summed E-state index contributed by atoms with van der Waals surface area (Å²) >= 11 is 0. The molecule has 0 amide bonds. The van der Waals surface area contributed by atoms with Gasteiger partial charge in [0.15, 0.2) is 0 Å². The summed E-state index contributed by atoms with van der Waals surface area (Å²) in [7, 11) is 0. The maximum absolute atomic E-state index is 9.92. The molecule has 1 aliphatic rings. The second-order valence-corrected chi connectivity index (χ2v) is 1.63. The minimum atomic E-state index is -0.730. The van der Waals surface area contributed by atoms with Crippen molar-refractivity contribution in [2.24, 2.45) is 0 Å². The van der Waals surface area contributed by atoms with Gasteiger partial charge in [-0.15, -0.1) is 0 Å². The standard InChI is InChI=1S/C4H7NO2.H2O/c6-4(7)3-1-2-5-3;/h3,5H,1-2H2,(H,6,7);1H2. The molecular weight excluding hydrogens is 110 g/mol. The highest BCUT2D eigenvalue weighted by atomic mass is 16.4. The third-order valence-corrected chi connectivity index (χ3v) is 1.12. The van der Waals surface area contributed by atoms with Gasteiger partial charge in [0.1, 0.15) is 6.04 Å². The molecule has 8 heavy (non-hydrogen) atoms. The van der Waals surface area contributed by atoms with Gasteiger partial charge in [-0.05, 0) is 13.0 Å². The lowest BCUT2D eigenvalue weighted by atomic mass is 10.1. The van der Waals surface area contributed by atoms with Gasteiger partial charge >= 0.3 is 5.97 Å². The fourth-order valence-electron chi connectivity index (χ4n) is 0.499. The van der Waals surface area contributed by atoms with Crippen LogP contribution in [0.15, 0.2) is 0 Å². The summed E-state index contributed by atoms with van der Waals surface area (Å²) < 4.78 is 0. The van der Waals surface area contributed by atoms with Crippen LogP contribution >= 0.6 is 0 Å². The number of aliphatic carboxylic acids is 1. The fraction of sp³-hybridized carbons (Fsp3) is 0.750. The van der Waals surface area contributed by atoms with E-state index in [1.165, 1.54) is 0 Å². The smallest absolute Gasteiger partial charge is 0.320 e. The van der Waals surface area contributed by atoms with E-state index in [9.17, 15) is 4.79 Å². The van der Waals surface area contributed by atoms with Crippen LogP contribution in [0.3, 0.4) is 0 Å². The highest BCUT2D eigenvalue weighted by Gasteiger charge is 2.22. The molecular formula is C4H9NO3. The first-order valence-electron chi connectivity index (χ1n) is 2.27. The van der Waals surface area contributed by atoms with E-state index in [1.54, 1.807) is 0 Å². The fourth-order valence-corrected chi connectivity index (χ4v) is 0.499. The van der Waals surface area contributed by atoms with Crippen LogP contribution in [0.1, 0.15) is 6.42 Å². The molecule has 1 saturated heterocycles. The molecule has 0 aromatic rings. The van der Waals surface area contributed by atoms with Gasteiger partial charge in [0.25, 0.3) is 0 Å². The van der Waals surface area contributed by atoms with Crippen LogP contribution in [-0.2, 0) is 4.79 Å². The van der Waals surface area contributed by atoms with Crippen LogP contribution in [0, 0.1) is 0 Å². The quantitative estimate of drug-likeness (QED) is 0.445. The summed E-state index contributed by atoms with van der Waals surface area (Å²) in [5.41, 5.74) is 0. The molecule has 1 fully saturated rings. The second-order valence-electron chi connectivity index (χ2n) is 1.63. The van der Waals surface area contributed by atoms with Crippen molar-refractivity contribution in [3.8, 4) is 0 Å². The van der Waals surface area contributed by atoms with Crippen molar-refractivity contribution >= 4 is 5.97 Å². The van der Waals surface area contributed by atoms with Gasteiger partial charge in [0.05, 0.1) is 0 Å². The molecule has 4 nitrogen and oxygen atoms in total. The predicted octanol–water partition coefficient (Wildman–Crippen LogP) is -1.39. The number of carboxylic acids is 1. The van der Waals surface area contributed by atoms with Crippen molar-refractivity contribution in [3.63, 3.8) is 0 Å². The molecule has 1 heterocycles. The molecule has 4 N–H and O–H groups in total. The largest absolute Gasteiger partial charge is 0.480 e. The average molecular weight is 119 g/mol. The summed E-state index contributed by atoms with van der Waals surface area (Å²) in [6.07, 6.45) is 0.787. The van der Waals surface area contributed by atoms with Crippen molar-refractivity contribution in [2.75, 3.05) is 6.54 Å². The Kier molecular flexibility index (Phi) is 2.44. The zero-order valence-electron chi connectivity index (χ0n) is 4.35.